The molecule has 0 radical (unpaired) electrons. The van der Waals surface area contributed by atoms with Gasteiger partial charge in [-0.1, -0.05) is 0 Å². The minimum atomic E-state index is -0.271. The van der Waals surface area contributed by atoms with Crippen molar-refractivity contribution < 1.29 is 4.79 Å². The van der Waals surface area contributed by atoms with Crippen molar-refractivity contribution in [1.82, 2.24) is 20.0 Å². The normalized spacial score (nSPS) is 30.4. The third-order valence-electron chi connectivity index (χ3n) is 5.08. The number of nitrogens with one attached hydrogen (secondary N) is 1. The van der Waals surface area contributed by atoms with Crippen molar-refractivity contribution >= 4 is 21.8 Å². The summed E-state index contributed by atoms with van der Waals surface area (Å²) in [6.45, 7) is 3.83. The molecule has 0 spiro atoms. The lowest BCUT2D eigenvalue weighted by Gasteiger charge is -2.36. The van der Waals surface area contributed by atoms with Crippen molar-refractivity contribution in [3.8, 4) is 0 Å². The number of amides is 1. The van der Waals surface area contributed by atoms with E-state index in [1.165, 1.54) is 12.8 Å². The van der Waals surface area contributed by atoms with E-state index in [0.717, 1.165) is 23.0 Å². The Balaban J connectivity index is 1.61. The van der Waals surface area contributed by atoms with Gasteiger partial charge in [-0.2, -0.15) is 5.10 Å². The molecule has 1 amide bonds. The van der Waals surface area contributed by atoms with Crippen LogP contribution in [0.1, 0.15) is 44.3 Å². The zero-order valence-electron chi connectivity index (χ0n) is 12.8. The predicted molar refractivity (Wildman–Crippen MR) is 85.1 cm³/mol. The molecule has 3 atom stereocenters. The first-order chi connectivity index (χ1) is 9.95. The van der Waals surface area contributed by atoms with Crippen LogP contribution in [0, 0.1) is 6.92 Å². The van der Waals surface area contributed by atoms with Crippen LogP contribution in [-0.2, 0) is 4.79 Å². The van der Waals surface area contributed by atoms with Gasteiger partial charge < -0.3 is 10.2 Å². The first-order valence-corrected chi connectivity index (χ1v) is 8.48. The fraction of sp³-hybridized carbons (Fsp3) is 0.733. The first kappa shape index (κ1) is 15.0. The molecule has 0 saturated carbocycles. The molecule has 1 N–H and O–H groups in total. The second kappa shape index (κ2) is 5.72. The first-order valence-electron chi connectivity index (χ1n) is 7.69. The van der Waals surface area contributed by atoms with Crippen LogP contribution < -0.4 is 5.32 Å². The van der Waals surface area contributed by atoms with Crippen LogP contribution in [0.2, 0.25) is 0 Å². The molecule has 0 aromatic carbocycles. The molecular weight excluding hydrogens is 332 g/mol. The Kier molecular flexibility index (Phi) is 4.10. The van der Waals surface area contributed by atoms with Crippen LogP contribution in [0.4, 0.5) is 0 Å². The highest BCUT2D eigenvalue weighted by Gasteiger charge is 2.39. The summed E-state index contributed by atoms with van der Waals surface area (Å²) in [7, 11) is 2.22. The van der Waals surface area contributed by atoms with Crippen molar-refractivity contribution in [2.75, 3.05) is 7.05 Å². The van der Waals surface area contributed by atoms with Gasteiger partial charge in [0.2, 0.25) is 5.91 Å². The van der Waals surface area contributed by atoms with Crippen LogP contribution in [-0.4, -0.2) is 45.8 Å². The second-order valence-electron chi connectivity index (χ2n) is 6.45. The molecule has 21 heavy (non-hydrogen) atoms. The maximum Gasteiger partial charge on any atom is 0.244 e. The van der Waals surface area contributed by atoms with Gasteiger partial charge in [0.1, 0.15) is 6.04 Å². The van der Waals surface area contributed by atoms with Crippen molar-refractivity contribution in [2.45, 2.75) is 63.7 Å². The number of hydrogen-bond acceptors (Lipinski definition) is 3. The minimum absolute atomic E-state index is 0.0685. The number of hydrogen-bond donors (Lipinski definition) is 1. The van der Waals surface area contributed by atoms with Gasteiger partial charge in [0, 0.05) is 24.3 Å². The maximum absolute atomic E-state index is 12.4. The van der Waals surface area contributed by atoms with E-state index in [1.807, 2.05) is 20.0 Å². The zero-order valence-corrected chi connectivity index (χ0v) is 14.4. The fourth-order valence-electron chi connectivity index (χ4n) is 3.63. The van der Waals surface area contributed by atoms with Crippen LogP contribution in [0.5, 0.6) is 0 Å². The summed E-state index contributed by atoms with van der Waals surface area (Å²) in [5.41, 5.74) is 0.909. The summed E-state index contributed by atoms with van der Waals surface area (Å²) in [5, 5.41) is 7.60. The largest absolute Gasteiger partial charge is 0.351 e. The molecule has 5 nitrogen and oxygen atoms in total. The lowest BCUT2D eigenvalue weighted by Crippen LogP contribution is -2.49. The van der Waals surface area contributed by atoms with Crippen molar-refractivity contribution in [1.29, 1.82) is 0 Å². The van der Waals surface area contributed by atoms with E-state index < -0.39 is 0 Å². The number of nitrogens with zero attached hydrogens (tertiary/aromatic N) is 3. The number of aromatic nitrogens is 2. The van der Waals surface area contributed by atoms with E-state index in [1.54, 1.807) is 4.68 Å². The quantitative estimate of drug-likeness (QED) is 0.905. The molecule has 0 aliphatic carbocycles. The summed E-state index contributed by atoms with van der Waals surface area (Å²) in [5.74, 6) is 0.0685. The summed E-state index contributed by atoms with van der Waals surface area (Å²) in [6, 6.07) is 1.33. The summed E-state index contributed by atoms with van der Waals surface area (Å²) in [4.78, 5) is 14.9. The number of carbonyl (C=O) groups is 1. The highest BCUT2D eigenvalue weighted by atomic mass is 79.9. The molecule has 116 valence electrons. The summed E-state index contributed by atoms with van der Waals surface area (Å²) >= 11 is 3.44. The van der Waals surface area contributed by atoms with Gasteiger partial charge in [-0.25, -0.2) is 0 Å². The number of fused-ring (bicyclic) bond motifs is 2. The lowest BCUT2D eigenvalue weighted by atomic mass is 9.98. The average molecular weight is 355 g/mol. The Hall–Kier alpha value is -0.880. The Morgan fingerprint density at radius 1 is 1.43 bits per heavy atom. The number of aryl methyl sites for hydroxylation is 1. The zero-order chi connectivity index (χ0) is 15.1. The highest BCUT2D eigenvalue weighted by Crippen LogP contribution is 2.34. The van der Waals surface area contributed by atoms with Crippen molar-refractivity contribution in [3.63, 3.8) is 0 Å². The number of piperidine rings is 1. The van der Waals surface area contributed by atoms with Crippen molar-refractivity contribution in [3.05, 3.63) is 16.4 Å². The molecule has 3 heterocycles. The van der Waals surface area contributed by atoms with Gasteiger partial charge in [-0.3, -0.25) is 9.48 Å². The van der Waals surface area contributed by atoms with E-state index in [2.05, 4.69) is 38.3 Å². The average Bonchev–Trinajstić information content (AvgIpc) is 2.85. The Morgan fingerprint density at radius 2 is 2.05 bits per heavy atom. The standard InChI is InChI=1S/C15H23BrN4O/c1-9-14(16)8-20(18-9)10(2)15(21)17-11-6-12-4-5-13(7-11)19(12)3/h8,10-13H,4-7H2,1-3H3,(H,17,21). The topological polar surface area (TPSA) is 50.2 Å². The van der Waals surface area contributed by atoms with E-state index in [4.69, 9.17) is 0 Å². The smallest absolute Gasteiger partial charge is 0.244 e. The molecule has 1 aromatic heterocycles. The van der Waals surface area contributed by atoms with Crippen LogP contribution in [0.25, 0.3) is 0 Å². The monoisotopic (exact) mass is 354 g/mol. The fourth-order valence-corrected chi connectivity index (χ4v) is 3.92. The highest BCUT2D eigenvalue weighted by molar-refractivity contribution is 9.10. The molecular formula is C15H23BrN4O. The second-order valence-corrected chi connectivity index (χ2v) is 7.30. The molecule has 2 aliphatic rings. The third-order valence-corrected chi connectivity index (χ3v) is 5.86. The van der Waals surface area contributed by atoms with E-state index in [9.17, 15) is 4.79 Å². The molecule has 6 heteroatoms. The van der Waals surface area contributed by atoms with Crippen LogP contribution >= 0.6 is 15.9 Å². The van der Waals surface area contributed by atoms with E-state index in [0.29, 0.717) is 18.1 Å². The lowest BCUT2D eigenvalue weighted by molar-refractivity contribution is -0.125. The van der Waals surface area contributed by atoms with E-state index >= 15 is 0 Å². The number of halogens is 1. The molecule has 2 bridgehead atoms. The van der Waals surface area contributed by atoms with Gasteiger partial charge in [0.25, 0.3) is 0 Å². The predicted octanol–water partition coefficient (Wildman–Crippen LogP) is 2.26. The van der Waals surface area contributed by atoms with Crippen LogP contribution in [0.15, 0.2) is 10.7 Å². The van der Waals surface area contributed by atoms with Gasteiger partial charge in [-0.15, -0.1) is 0 Å². The van der Waals surface area contributed by atoms with Gasteiger partial charge in [0.15, 0.2) is 0 Å². The van der Waals surface area contributed by atoms with Gasteiger partial charge >= 0.3 is 0 Å². The Bertz CT molecular complexity index is 510. The number of carbonyl (C=O) groups excluding carboxylic acids is 1. The Labute approximate surface area is 134 Å². The molecule has 1 aromatic rings. The molecule has 3 rings (SSSR count). The SMILES string of the molecule is Cc1nn(C(C)C(=O)NC2CC3CCC(C2)N3C)cc1Br. The summed E-state index contributed by atoms with van der Waals surface area (Å²) in [6.07, 6.45) is 6.57. The van der Waals surface area contributed by atoms with Gasteiger partial charge in [-0.05, 0) is 62.5 Å². The van der Waals surface area contributed by atoms with Crippen LogP contribution in [0.3, 0.4) is 0 Å². The van der Waals surface area contributed by atoms with Gasteiger partial charge in [0.05, 0.1) is 10.2 Å². The molecule has 2 saturated heterocycles. The van der Waals surface area contributed by atoms with Crippen molar-refractivity contribution in [2.24, 2.45) is 0 Å². The summed E-state index contributed by atoms with van der Waals surface area (Å²) < 4.78 is 2.68. The maximum atomic E-state index is 12.4. The molecule has 2 fully saturated rings. The molecule has 3 unspecified atom stereocenters. The van der Waals surface area contributed by atoms with E-state index in [-0.39, 0.29) is 11.9 Å². The number of rotatable bonds is 3. The Morgan fingerprint density at radius 3 is 2.57 bits per heavy atom. The third kappa shape index (κ3) is 2.88. The minimum Gasteiger partial charge on any atom is -0.351 e. The molecule has 2 aliphatic heterocycles.